The monoisotopic (exact) mass is 233 g/mol. The van der Waals surface area contributed by atoms with Gasteiger partial charge in [-0.15, -0.1) is 12.4 Å². The molecule has 1 aromatic carbocycles. The predicted molar refractivity (Wildman–Crippen MR) is 56.0 cm³/mol. The first-order chi connectivity index (χ1) is 6.56. The second-order valence-electron chi connectivity index (χ2n) is 2.74. The van der Waals surface area contributed by atoms with Gasteiger partial charge in [-0.2, -0.15) is 0 Å². The molecule has 0 fully saturated rings. The molecule has 0 spiro atoms. The van der Waals surface area contributed by atoms with Gasteiger partial charge in [0.15, 0.2) is 0 Å². The third-order valence-corrected chi connectivity index (χ3v) is 1.80. The third kappa shape index (κ3) is 3.00. The summed E-state index contributed by atoms with van der Waals surface area (Å²) in [7, 11) is 1.20. The lowest BCUT2D eigenvalue weighted by atomic mass is 10.1. The quantitative estimate of drug-likeness (QED) is 0.516. The van der Waals surface area contributed by atoms with Crippen LogP contribution >= 0.6 is 12.4 Å². The molecule has 1 aromatic rings. The minimum Gasteiger partial charge on any atom is -0.508 e. The van der Waals surface area contributed by atoms with Crippen LogP contribution in [0.1, 0.15) is 11.6 Å². The van der Waals surface area contributed by atoms with Crippen molar-refractivity contribution < 1.29 is 19.7 Å². The van der Waals surface area contributed by atoms with Gasteiger partial charge in [0, 0.05) is 5.56 Å². The smallest absolute Gasteiger partial charge is 0.327 e. The van der Waals surface area contributed by atoms with Gasteiger partial charge in [0.05, 0.1) is 7.11 Å². The van der Waals surface area contributed by atoms with Crippen LogP contribution in [0.15, 0.2) is 18.2 Å². The Morgan fingerprint density at radius 3 is 2.60 bits per heavy atom. The highest BCUT2D eigenvalue weighted by Gasteiger charge is 2.19. The molecule has 0 aliphatic rings. The Balaban J connectivity index is 0.00000196. The van der Waals surface area contributed by atoms with Crippen LogP contribution in [0.4, 0.5) is 0 Å². The van der Waals surface area contributed by atoms with Crippen LogP contribution in [0.25, 0.3) is 0 Å². The Hall–Kier alpha value is -1.46. The van der Waals surface area contributed by atoms with Gasteiger partial charge in [0.25, 0.3) is 0 Å². The van der Waals surface area contributed by atoms with Gasteiger partial charge in [-0.1, -0.05) is 0 Å². The van der Waals surface area contributed by atoms with Crippen molar-refractivity contribution in [3.63, 3.8) is 0 Å². The van der Waals surface area contributed by atoms with E-state index in [1.807, 2.05) is 0 Å². The highest BCUT2D eigenvalue weighted by molar-refractivity contribution is 5.85. The molecule has 0 saturated heterocycles. The Morgan fingerprint density at radius 1 is 1.47 bits per heavy atom. The van der Waals surface area contributed by atoms with Crippen LogP contribution in [-0.2, 0) is 9.53 Å². The van der Waals surface area contributed by atoms with Crippen molar-refractivity contribution in [3.8, 4) is 11.5 Å². The molecule has 1 rings (SSSR count). The molecule has 5 nitrogen and oxygen atoms in total. The first-order valence-corrected chi connectivity index (χ1v) is 3.91. The highest BCUT2D eigenvalue weighted by Crippen LogP contribution is 2.27. The van der Waals surface area contributed by atoms with E-state index in [1.165, 1.54) is 25.3 Å². The van der Waals surface area contributed by atoms with Crippen molar-refractivity contribution in [2.45, 2.75) is 6.04 Å². The minimum absolute atomic E-state index is 0. The van der Waals surface area contributed by atoms with Crippen molar-refractivity contribution >= 4 is 18.4 Å². The van der Waals surface area contributed by atoms with E-state index in [2.05, 4.69) is 4.74 Å². The summed E-state index contributed by atoms with van der Waals surface area (Å²) in [4.78, 5) is 11.0. The van der Waals surface area contributed by atoms with Gasteiger partial charge in [-0.25, -0.2) is 0 Å². The molecule has 0 aliphatic carbocycles. The van der Waals surface area contributed by atoms with Gasteiger partial charge < -0.3 is 20.7 Å². The number of nitrogens with two attached hydrogens (primary N) is 1. The number of halogens is 1. The predicted octanol–water partition coefficient (Wildman–Crippen LogP) is 0.692. The largest absolute Gasteiger partial charge is 0.508 e. The van der Waals surface area contributed by atoms with Crippen LogP contribution in [0.5, 0.6) is 11.5 Å². The number of ether oxygens (including phenoxy) is 1. The Morgan fingerprint density at radius 2 is 2.07 bits per heavy atom. The van der Waals surface area contributed by atoms with Gasteiger partial charge >= 0.3 is 5.97 Å². The molecular weight excluding hydrogens is 222 g/mol. The van der Waals surface area contributed by atoms with Crippen LogP contribution in [0.3, 0.4) is 0 Å². The van der Waals surface area contributed by atoms with Crippen LogP contribution < -0.4 is 5.73 Å². The average Bonchev–Trinajstić information content (AvgIpc) is 2.19. The molecule has 1 atom stereocenters. The fourth-order valence-corrected chi connectivity index (χ4v) is 1.04. The number of phenolic OH excluding ortho intramolecular Hbond substituents is 2. The summed E-state index contributed by atoms with van der Waals surface area (Å²) in [5.41, 5.74) is 5.61. The van der Waals surface area contributed by atoms with Crippen LogP contribution in [-0.4, -0.2) is 23.3 Å². The number of hydrogen-bond donors (Lipinski definition) is 3. The average molecular weight is 234 g/mol. The molecule has 4 N–H and O–H groups in total. The maximum absolute atomic E-state index is 11.0. The van der Waals surface area contributed by atoms with Crippen LogP contribution in [0.2, 0.25) is 0 Å². The van der Waals surface area contributed by atoms with E-state index in [0.29, 0.717) is 0 Å². The molecule has 15 heavy (non-hydrogen) atoms. The van der Waals surface area contributed by atoms with E-state index in [0.717, 1.165) is 0 Å². The van der Waals surface area contributed by atoms with E-state index in [9.17, 15) is 9.90 Å². The van der Waals surface area contributed by atoms with E-state index in [1.54, 1.807) is 0 Å². The van der Waals surface area contributed by atoms with E-state index < -0.39 is 12.0 Å². The fraction of sp³-hybridized carbons (Fsp3) is 0.222. The lowest BCUT2D eigenvalue weighted by Gasteiger charge is -2.11. The number of methoxy groups -OCH3 is 1. The second kappa shape index (κ2) is 5.43. The summed E-state index contributed by atoms with van der Waals surface area (Å²) in [6.45, 7) is 0. The summed E-state index contributed by atoms with van der Waals surface area (Å²) in [5.74, 6) is -0.899. The van der Waals surface area contributed by atoms with Crippen molar-refractivity contribution in [1.29, 1.82) is 0 Å². The number of carbonyl (C=O) groups is 1. The van der Waals surface area contributed by atoms with E-state index >= 15 is 0 Å². The number of esters is 1. The third-order valence-electron chi connectivity index (χ3n) is 1.80. The summed E-state index contributed by atoms with van der Waals surface area (Å²) in [5, 5.41) is 18.5. The first-order valence-electron chi connectivity index (χ1n) is 3.91. The number of phenols is 2. The number of hydrogen-bond acceptors (Lipinski definition) is 5. The molecule has 6 heteroatoms. The minimum atomic E-state index is -1.09. The summed E-state index contributed by atoms with van der Waals surface area (Å²) < 4.78 is 4.40. The van der Waals surface area contributed by atoms with Crippen molar-refractivity contribution in [2.24, 2.45) is 5.73 Å². The summed E-state index contributed by atoms with van der Waals surface area (Å²) in [6, 6.07) is 2.68. The molecular formula is C9H12ClNO4. The van der Waals surface area contributed by atoms with Gasteiger partial charge in [-0.05, 0) is 18.2 Å². The Bertz CT molecular complexity index is 356. The molecule has 0 aliphatic heterocycles. The van der Waals surface area contributed by atoms with Crippen molar-refractivity contribution in [2.75, 3.05) is 7.11 Å². The number of rotatable bonds is 2. The zero-order valence-corrected chi connectivity index (χ0v) is 8.82. The standard InChI is InChI=1S/C9H11NO4.ClH/c1-14-9(13)8(10)6-4-5(11)2-3-7(6)12;/h2-4,8,11-12H,10H2,1H3;1H/t8-;/m0./s1. The number of benzene rings is 1. The summed E-state index contributed by atoms with van der Waals surface area (Å²) >= 11 is 0. The molecule has 0 amide bonds. The molecule has 0 aromatic heterocycles. The molecule has 0 saturated carbocycles. The first kappa shape index (κ1) is 13.5. The fourth-order valence-electron chi connectivity index (χ4n) is 1.04. The van der Waals surface area contributed by atoms with E-state index in [4.69, 9.17) is 10.8 Å². The topological polar surface area (TPSA) is 92.8 Å². The van der Waals surface area contributed by atoms with Crippen molar-refractivity contribution in [3.05, 3.63) is 23.8 Å². The highest BCUT2D eigenvalue weighted by atomic mass is 35.5. The zero-order valence-electron chi connectivity index (χ0n) is 8.01. The van der Waals surface area contributed by atoms with Gasteiger partial charge in [-0.3, -0.25) is 4.79 Å². The Kier molecular flexibility index (Phi) is 4.90. The molecule has 0 bridgehead atoms. The van der Waals surface area contributed by atoms with Crippen molar-refractivity contribution in [1.82, 2.24) is 0 Å². The normalized spacial score (nSPS) is 11.3. The number of carbonyl (C=O) groups excluding carboxylic acids is 1. The maximum atomic E-state index is 11.0. The second-order valence-corrected chi connectivity index (χ2v) is 2.74. The molecule has 0 radical (unpaired) electrons. The van der Waals surface area contributed by atoms with E-state index in [-0.39, 0.29) is 29.5 Å². The maximum Gasteiger partial charge on any atom is 0.327 e. The summed E-state index contributed by atoms with van der Waals surface area (Å²) in [6.07, 6.45) is 0. The van der Waals surface area contributed by atoms with Crippen LogP contribution in [0, 0.1) is 0 Å². The van der Waals surface area contributed by atoms with Gasteiger partial charge in [0.1, 0.15) is 17.5 Å². The molecule has 84 valence electrons. The Labute approximate surface area is 92.9 Å². The lowest BCUT2D eigenvalue weighted by molar-refractivity contribution is -0.142. The molecule has 0 unspecified atom stereocenters. The number of aromatic hydroxyl groups is 2. The zero-order chi connectivity index (χ0) is 10.7. The lowest BCUT2D eigenvalue weighted by Crippen LogP contribution is -2.22. The molecule has 0 heterocycles. The SMILES string of the molecule is COC(=O)[C@@H](N)c1cc(O)ccc1O.Cl. The van der Waals surface area contributed by atoms with Gasteiger partial charge in [0.2, 0.25) is 0 Å².